The molecule has 0 radical (unpaired) electrons. The molecule has 0 aromatic rings. The standard InChI is InChI=1S/C17H28O3/c1-11(2)6-7-13-16(4,20-13)15-14(18-5)12(3)8-9-17(15)10-19-17/h6,12-15H,7-10H2,1-5H3/t12?,13-,14-,15-,16+,17+/m1/s1. The molecule has 1 unspecified atom stereocenters. The smallest absolute Gasteiger partial charge is 0.100 e. The van der Waals surface area contributed by atoms with E-state index in [1.54, 1.807) is 0 Å². The van der Waals surface area contributed by atoms with Gasteiger partial charge in [0.15, 0.2) is 0 Å². The van der Waals surface area contributed by atoms with E-state index in [0.717, 1.165) is 19.4 Å². The Balaban J connectivity index is 1.78. The molecule has 0 aromatic heterocycles. The van der Waals surface area contributed by atoms with Crippen LogP contribution in [-0.4, -0.2) is 37.1 Å². The molecule has 3 aliphatic rings. The number of hydrogen-bond donors (Lipinski definition) is 0. The van der Waals surface area contributed by atoms with E-state index in [1.807, 2.05) is 7.11 Å². The van der Waals surface area contributed by atoms with Gasteiger partial charge in [-0.25, -0.2) is 0 Å². The van der Waals surface area contributed by atoms with Gasteiger partial charge in [-0.15, -0.1) is 0 Å². The molecule has 114 valence electrons. The van der Waals surface area contributed by atoms with Crippen LogP contribution in [0.25, 0.3) is 0 Å². The van der Waals surface area contributed by atoms with Crippen LogP contribution in [0, 0.1) is 11.8 Å². The van der Waals surface area contributed by atoms with Crippen LogP contribution in [0.15, 0.2) is 11.6 Å². The molecule has 3 heteroatoms. The number of methoxy groups -OCH3 is 1. The van der Waals surface area contributed by atoms with E-state index in [9.17, 15) is 0 Å². The Kier molecular flexibility index (Phi) is 3.51. The lowest BCUT2D eigenvalue weighted by molar-refractivity contribution is -0.0776. The molecule has 1 spiro atoms. The van der Waals surface area contributed by atoms with Crippen molar-refractivity contribution in [1.29, 1.82) is 0 Å². The minimum atomic E-state index is -0.0716. The summed E-state index contributed by atoms with van der Waals surface area (Å²) < 4.78 is 17.9. The van der Waals surface area contributed by atoms with Gasteiger partial charge in [-0.1, -0.05) is 18.6 Å². The quantitative estimate of drug-likeness (QED) is 0.585. The van der Waals surface area contributed by atoms with Gasteiger partial charge in [0.2, 0.25) is 0 Å². The number of hydrogen-bond acceptors (Lipinski definition) is 3. The minimum absolute atomic E-state index is 0.0433. The van der Waals surface area contributed by atoms with Crippen LogP contribution in [0.5, 0.6) is 0 Å². The molecule has 2 heterocycles. The Hall–Kier alpha value is -0.380. The second kappa shape index (κ2) is 4.82. The molecule has 6 atom stereocenters. The van der Waals surface area contributed by atoms with Crippen LogP contribution in [0.1, 0.15) is 47.0 Å². The van der Waals surface area contributed by atoms with Gasteiger partial charge in [0.25, 0.3) is 0 Å². The van der Waals surface area contributed by atoms with Crippen molar-refractivity contribution < 1.29 is 14.2 Å². The topological polar surface area (TPSA) is 34.3 Å². The third-order valence-corrected chi connectivity index (χ3v) is 5.60. The van der Waals surface area contributed by atoms with Gasteiger partial charge in [-0.2, -0.15) is 0 Å². The van der Waals surface area contributed by atoms with Gasteiger partial charge < -0.3 is 14.2 Å². The Morgan fingerprint density at radius 2 is 2.10 bits per heavy atom. The number of allylic oxidation sites excluding steroid dienone is 1. The third-order valence-electron chi connectivity index (χ3n) is 5.60. The summed E-state index contributed by atoms with van der Waals surface area (Å²) in [5.41, 5.74) is 1.33. The van der Waals surface area contributed by atoms with Crippen molar-refractivity contribution in [3.63, 3.8) is 0 Å². The van der Waals surface area contributed by atoms with E-state index in [1.165, 1.54) is 12.0 Å². The average Bonchev–Trinajstić information content (AvgIpc) is 3.29. The van der Waals surface area contributed by atoms with E-state index >= 15 is 0 Å². The monoisotopic (exact) mass is 280 g/mol. The Morgan fingerprint density at radius 3 is 2.65 bits per heavy atom. The summed E-state index contributed by atoms with van der Waals surface area (Å²) in [4.78, 5) is 0. The highest BCUT2D eigenvalue weighted by molar-refractivity contribution is 5.20. The van der Waals surface area contributed by atoms with E-state index in [4.69, 9.17) is 14.2 Å². The lowest BCUT2D eigenvalue weighted by Gasteiger charge is -2.42. The van der Waals surface area contributed by atoms with Crippen molar-refractivity contribution in [2.75, 3.05) is 13.7 Å². The number of rotatable bonds is 4. The van der Waals surface area contributed by atoms with E-state index < -0.39 is 0 Å². The maximum Gasteiger partial charge on any atom is 0.100 e. The van der Waals surface area contributed by atoms with Gasteiger partial charge >= 0.3 is 0 Å². The highest BCUT2D eigenvalue weighted by Crippen LogP contribution is 2.60. The largest absolute Gasteiger partial charge is 0.381 e. The lowest BCUT2D eigenvalue weighted by atomic mass is 9.66. The molecule has 3 fully saturated rings. The van der Waals surface area contributed by atoms with Crippen LogP contribution in [0.2, 0.25) is 0 Å². The summed E-state index contributed by atoms with van der Waals surface area (Å²) >= 11 is 0. The van der Waals surface area contributed by atoms with Crippen molar-refractivity contribution >= 4 is 0 Å². The van der Waals surface area contributed by atoms with Gasteiger partial charge in [0, 0.05) is 13.0 Å². The first-order valence-electron chi connectivity index (χ1n) is 7.91. The normalized spacial score (nSPS) is 50.0. The van der Waals surface area contributed by atoms with Crippen molar-refractivity contribution in [1.82, 2.24) is 0 Å². The number of ether oxygens (including phenoxy) is 3. The summed E-state index contributed by atoms with van der Waals surface area (Å²) in [6.45, 7) is 9.73. The molecule has 2 aliphatic heterocycles. The van der Waals surface area contributed by atoms with Crippen molar-refractivity contribution in [3.8, 4) is 0 Å². The predicted molar refractivity (Wildman–Crippen MR) is 78.7 cm³/mol. The highest BCUT2D eigenvalue weighted by atomic mass is 16.6. The SMILES string of the molecule is CO[C@@H]1C(C)CC[C@]2(CO2)[C@H]1[C@@]1(C)O[C@@H]1CC=C(C)C. The molecule has 2 saturated heterocycles. The summed E-state index contributed by atoms with van der Waals surface area (Å²) in [5, 5.41) is 0. The Morgan fingerprint density at radius 1 is 1.40 bits per heavy atom. The number of epoxide rings is 2. The molecule has 0 bridgehead atoms. The maximum atomic E-state index is 6.15. The molecular weight excluding hydrogens is 252 g/mol. The predicted octanol–water partition coefficient (Wildman–Crippen LogP) is 3.33. The molecular formula is C17H28O3. The summed E-state index contributed by atoms with van der Waals surface area (Å²) in [5.74, 6) is 0.962. The summed E-state index contributed by atoms with van der Waals surface area (Å²) in [7, 11) is 1.84. The molecule has 1 aliphatic carbocycles. The first-order chi connectivity index (χ1) is 9.43. The first-order valence-corrected chi connectivity index (χ1v) is 7.91. The lowest BCUT2D eigenvalue weighted by Crippen LogP contribution is -2.51. The van der Waals surface area contributed by atoms with Crippen LogP contribution in [0.3, 0.4) is 0 Å². The van der Waals surface area contributed by atoms with Crippen molar-refractivity contribution in [2.45, 2.75) is 70.4 Å². The van der Waals surface area contributed by atoms with Crippen LogP contribution in [-0.2, 0) is 14.2 Å². The molecule has 0 amide bonds. The highest BCUT2D eigenvalue weighted by Gasteiger charge is 2.71. The average molecular weight is 280 g/mol. The van der Waals surface area contributed by atoms with E-state index in [2.05, 4.69) is 33.8 Å². The first kappa shape index (κ1) is 14.6. The van der Waals surface area contributed by atoms with Crippen LogP contribution in [0.4, 0.5) is 0 Å². The zero-order valence-corrected chi connectivity index (χ0v) is 13.4. The summed E-state index contributed by atoms with van der Waals surface area (Å²) in [6.07, 6.45) is 6.23. The van der Waals surface area contributed by atoms with Gasteiger partial charge in [-0.05, 0) is 46.0 Å². The van der Waals surface area contributed by atoms with E-state index in [-0.39, 0.29) is 17.3 Å². The zero-order valence-electron chi connectivity index (χ0n) is 13.4. The fourth-order valence-corrected chi connectivity index (χ4v) is 4.22. The third kappa shape index (κ3) is 2.24. The minimum Gasteiger partial charge on any atom is -0.381 e. The summed E-state index contributed by atoms with van der Waals surface area (Å²) in [6, 6.07) is 0. The van der Waals surface area contributed by atoms with E-state index in [0.29, 0.717) is 17.9 Å². The molecule has 0 N–H and O–H groups in total. The second-order valence-electron chi connectivity index (χ2n) is 7.35. The van der Waals surface area contributed by atoms with Crippen molar-refractivity contribution in [3.05, 3.63) is 11.6 Å². The molecule has 3 rings (SSSR count). The van der Waals surface area contributed by atoms with Gasteiger partial charge in [0.05, 0.1) is 24.4 Å². The zero-order chi connectivity index (χ0) is 14.5. The Labute approximate surface area is 122 Å². The molecule has 0 aromatic carbocycles. The molecule has 1 saturated carbocycles. The van der Waals surface area contributed by atoms with Crippen LogP contribution >= 0.6 is 0 Å². The molecule has 3 nitrogen and oxygen atoms in total. The Bertz CT molecular complexity index is 408. The maximum absolute atomic E-state index is 6.15. The van der Waals surface area contributed by atoms with Crippen LogP contribution < -0.4 is 0 Å². The van der Waals surface area contributed by atoms with Gasteiger partial charge in [0.1, 0.15) is 5.60 Å². The van der Waals surface area contributed by atoms with Crippen molar-refractivity contribution in [2.24, 2.45) is 11.8 Å². The van der Waals surface area contributed by atoms with Gasteiger partial charge in [-0.3, -0.25) is 0 Å². The fourth-order valence-electron chi connectivity index (χ4n) is 4.22. The fraction of sp³-hybridized carbons (Fsp3) is 0.882. The second-order valence-corrected chi connectivity index (χ2v) is 7.35. The molecule has 20 heavy (non-hydrogen) atoms.